The Balaban J connectivity index is 0.000000126. The quantitative estimate of drug-likeness (QED) is 0.488. The maximum absolute atomic E-state index is 5.25. The third kappa shape index (κ3) is 5.03. The van der Waals surface area contributed by atoms with Crippen molar-refractivity contribution in [2.45, 2.75) is 13.1 Å². The van der Waals surface area contributed by atoms with Gasteiger partial charge in [0.25, 0.3) is 0 Å². The fourth-order valence-corrected chi connectivity index (χ4v) is 2.55. The molecule has 118 valence electrons. The normalized spacial score (nSPS) is 12.3. The second kappa shape index (κ2) is 8.06. The van der Waals surface area contributed by atoms with Crippen molar-refractivity contribution in [3.05, 3.63) is 83.1 Å². The smallest absolute Gasteiger partial charge is 0.197 e. The third-order valence-electron chi connectivity index (χ3n) is 3.89. The predicted molar refractivity (Wildman–Crippen MR) is 109 cm³/mol. The number of hydrogen-bond acceptors (Lipinski definition) is 1. The number of benzene rings is 2. The summed E-state index contributed by atoms with van der Waals surface area (Å²) in [5.41, 5.74) is 7.42. The Morgan fingerprint density at radius 3 is 1.17 bits per heavy atom. The van der Waals surface area contributed by atoms with Crippen LogP contribution in [0.2, 0.25) is 13.1 Å². The van der Waals surface area contributed by atoms with Gasteiger partial charge in [-0.05, 0) is 35.3 Å². The Kier molecular flexibility index (Phi) is 6.10. The predicted octanol–water partition coefficient (Wildman–Crippen LogP) is 4.55. The first-order valence-electron chi connectivity index (χ1n) is 7.79. The van der Waals surface area contributed by atoms with Crippen LogP contribution in [0.1, 0.15) is 22.3 Å². The van der Waals surface area contributed by atoms with E-state index in [2.05, 4.69) is 92.5 Å². The molecule has 4 rings (SSSR count). The van der Waals surface area contributed by atoms with Crippen LogP contribution in [0.3, 0.4) is 0 Å². The summed E-state index contributed by atoms with van der Waals surface area (Å²) in [6, 6.07) is 16.7. The number of rotatable bonds is 2. The van der Waals surface area contributed by atoms with E-state index >= 15 is 0 Å². The molecule has 2 aliphatic carbocycles. The van der Waals surface area contributed by atoms with Crippen LogP contribution in [0, 0.1) is 0 Å². The highest BCUT2D eigenvalue weighted by Gasteiger charge is 2.12. The van der Waals surface area contributed by atoms with Crippen molar-refractivity contribution in [2.24, 2.45) is 0 Å². The van der Waals surface area contributed by atoms with Crippen LogP contribution < -0.4 is 0 Å². The average molecular weight is 337 g/mol. The van der Waals surface area contributed by atoms with E-state index in [-0.39, 0.29) is 0 Å². The first kappa shape index (κ1) is 17.4. The molecule has 2 aromatic carbocycles. The highest BCUT2D eigenvalue weighted by Crippen LogP contribution is 2.22. The van der Waals surface area contributed by atoms with E-state index in [1.54, 1.807) is 0 Å². The van der Waals surface area contributed by atoms with Crippen molar-refractivity contribution in [1.29, 1.82) is 0 Å². The summed E-state index contributed by atoms with van der Waals surface area (Å²) < 4.78 is 5.25. The van der Waals surface area contributed by atoms with E-state index < -0.39 is 8.32 Å². The van der Waals surface area contributed by atoms with Gasteiger partial charge >= 0.3 is 0 Å². The van der Waals surface area contributed by atoms with Gasteiger partial charge in [-0.1, -0.05) is 78.5 Å². The minimum atomic E-state index is -1.33. The molecule has 2 aromatic rings. The summed E-state index contributed by atoms with van der Waals surface area (Å²) in [5.74, 6) is 0. The standard InChI is InChI=1S/2C8H6.C4H12OSi2/c2*1-2-4-8-6-5-7(8)3-1;1-4-7(2,3)5-6/h2*1-6H;4H,1H2,2-3,6H3. The summed E-state index contributed by atoms with van der Waals surface area (Å²) >= 11 is 0. The Morgan fingerprint density at radius 2 is 1.09 bits per heavy atom. The van der Waals surface area contributed by atoms with Gasteiger partial charge in [-0.2, -0.15) is 0 Å². The largest absolute Gasteiger partial charge is 0.461 e. The van der Waals surface area contributed by atoms with Crippen LogP contribution in [0.5, 0.6) is 0 Å². The summed E-state index contributed by atoms with van der Waals surface area (Å²) in [6.07, 6.45) is 8.48. The van der Waals surface area contributed by atoms with Gasteiger partial charge in [-0.15, -0.1) is 6.58 Å². The zero-order valence-corrected chi connectivity index (χ0v) is 17.1. The molecule has 0 spiro atoms. The van der Waals surface area contributed by atoms with Gasteiger partial charge in [0.2, 0.25) is 0 Å². The molecule has 0 atom stereocenters. The summed E-state index contributed by atoms with van der Waals surface area (Å²) in [6.45, 7) is 7.93. The fourth-order valence-electron chi connectivity index (χ4n) is 1.88. The summed E-state index contributed by atoms with van der Waals surface area (Å²) in [7, 11) is -0.478. The maximum Gasteiger partial charge on any atom is 0.197 e. The second-order valence-corrected chi connectivity index (χ2v) is 11.2. The van der Waals surface area contributed by atoms with Crippen LogP contribution in [0.4, 0.5) is 0 Å². The van der Waals surface area contributed by atoms with Gasteiger partial charge in [0.05, 0.1) is 0 Å². The van der Waals surface area contributed by atoms with Gasteiger partial charge in [-0.25, -0.2) is 0 Å². The molecule has 0 aliphatic heterocycles. The van der Waals surface area contributed by atoms with Crippen molar-refractivity contribution in [1.82, 2.24) is 0 Å². The summed E-state index contributed by atoms with van der Waals surface area (Å²) in [5, 5.41) is 0. The van der Waals surface area contributed by atoms with Crippen LogP contribution >= 0.6 is 0 Å². The Morgan fingerprint density at radius 1 is 0.783 bits per heavy atom. The molecule has 0 unspecified atom stereocenters. The van der Waals surface area contributed by atoms with Crippen LogP contribution in [0.25, 0.3) is 24.3 Å². The van der Waals surface area contributed by atoms with E-state index in [0.717, 1.165) is 10.5 Å². The van der Waals surface area contributed by atoms with Crippen molar-refractivity contribution < 1.29 is 4.12 Å². The lowest BCUT2D eigenvalue weighted by atomic mass is 9.99. The highest BCUT2D eigenvalue weighted by atomic mass is 28.4. The van der Waals surface area contributed by atoms with Crippen molar-refractivity contribution in [2.75, 3.05) is 0 Å². The zero-order chi connectivity index (χ0) is 16.7. The summed E-state index contributed by atoms with van der Waals surface area (Å²) in [4.78, 5) is 0. The third-order valence-corrected chi connectivity index (χ3v) is 9.09. The molecule has 0 aromatic heterocycles. The molecular weight excluding hydrogens is 312 g/mol. The highest BCUT2D eigenvalue weighted by molar-refractivity contribution is 6.78. The van der Waals surface area contributed by atoms with Gasteiger partial charge in [-0.3, -0.25) is 0 Å². The van der Waals surface area contributed by atoms with Crippen molar-refractivity contribution >= 4 is 43.1 Å². The first-order chi connectivity index (χ1) is 11.1. The van der Waals surface area contributed by atoms with Gasteiger partial charge in [0.1, 0.15) is 10.5 Å². The molecule has 23 heavy (non-hydrogen) atoms. The van der Waals surface area contributed by atoms with E-state index in [0.29, 0.717) is 0 Å². The number of hydrogen-bond donors (Lipinski definition) is 0. The molecule has 0 N–H and O–H groups in total. The molecule has 0 fully saturated rings. The van der Waals surface area contributed by atoms with Crippen LogP contribution in [0.15, 0.2) is 60.8 Å². The molecule has 0 amide bonds. The topological polar surface area (TPSA) is 9.23 Å². The van der Waals surface area contributed by atoms with Crippen molar-refractivity contribution in [3.8, 4) is 0 Å². The molecule has 1 nitrogen and oxygen atoms in total. The van der Waals surface area contributed by atoms with Gasteiger partial charge < -0.3 is 4.12 Å². The number of fused-ring (bicyclic) bond motifs is 2. The molecule has 0 radical (unpaired) electrons. The molecule has 2 aliphatic rings. The van der Waals surface area contributed by atoms with Crippen LogP contribution in [-0.2, 0) is 4.12 Å². The minimum Gasteiger partial charge on any atom is -0.461 e. The molecule has 3 heteroatoms. The van der Waals surface area contributed by atoms with Gasteiger partial charge in [0.15, 0.2) is 8.32 Å². The lowest BCUT2D eigenvalue weighted by Gasteiger charge is -2.13. The van der Waals surface area contributed by atoms with E-state index in [4.69, 9.17) is 4.12 Å². The SMILES string of the molecule is C1=Cc2ccccc21.C1=Cc2ccccc21.C=C[Si](C)(C)O[SiH3]. The fraction of sp³-hybridized carbons (Fsp3) is 0.100. The molecular formula is C20H24OSi2. The second-order valence-electron chi connectivity index (χ2n) is 5.94. The molecule has 0 heterocycles. The van der Waals surface area contributed by atoms with Gasteiger partial charge in [0, 0.05) is 0 Å². The Hall–Kier alpha value is -1.95. The van der Waals surface area contributed by atoms with Crippen LogP contribution in [-0.4, -0.2) is 18.8 Å². The van der Waals surface area contributed by atoms with E-state index in [1.807, 2.05) is 5.70 Å². The van der Waals surface area contributed by atoms with Crippen molar-refractivity contribution in [3.63, 3.8) is 0 Å². The lowest BCUT2D eigenvalue weighted by Crippen LogP contribution is -2.25. The van der Waals surface area contributed by atoms with E-state index in [1.165, 1.54) is 22.3 Å². The maximum atomic E-state index is 5.25. The van der Waals surface area contributed by atoms with E-state index in [9.17, 15) is 0 Å². The molecule has 0 saturated carbocycles. The lowest BCUT2D eigenvalue weighted by molar-refractivity contribution is 0.627. The monoisotopic (exact) mass is 336 g/mol. The Labute approximate surface area is 143 Å². The molecule has 0 bridgehead atoms. The first-order valence-corrected chi connectivity index (χ1v) is 11.6. The Bertz CT molecular complexity index is 626. The minimum absolute atomic E-state index is 0.848. The average Bonchev–Trinajstić information content (AvgIpc) is 2.51. The molecule has 0 saturated heterocycles. The zero-order valence-electron chi connectivity index (χ0n) is 14.1.